The van der Waals surface area contributed by atoms with E-state index in [1.807, 2.05) is 31.2 Å². The molecule has 1 aliphatic rings. The minimum atomic E-state index is -0.380. The van der Waals surface area contributed by atoms with Crippen molar-refractivity contribution in [3.63, 3.8) is 0 Å². The zero-order valence-corrected chi connectivity index (χ0v) is 14.3. The Morgan fingerprint density at radius 2 is 1.67 bits per heavy atom. The lowest BCUT2D eigenvalue weighted by molar-refractivity contribution is -0.143. The van der Waals surface area contributed by atoms with Crippen molar-refractivity contribution in [1.29, 1.82) is 0 Å². The maximum Gasteiger partial charge on any atom is 0.306 e. The Morgan fingerprint density at radius 1 is 1.00 bits per heavy atom. The predicted molar refractivity (Wildman–Crippen MR) is 89.5 cm³/mol. The second kappa shape index (κ2) is 8.47. The van der Waals surface area contributed by atoms with Crippen LogP contribution in [-0.2, 0) is 14.3 Å². The monoisotopic (exact) mass is 332 g/mol. The van der Waals surface area contributed by atoms with Crippen LogP contribution in [0.4, 0.5) is 0 Å². The number of nitrogens with zero attached hydrogens (tertiary/aromatic N) is 2. The quantitative estimate of drug-likeness (QED) is 0.786. The Balaban J connectivity index is 1.93. The Bertz CT molecular complexity index is 615. The molecule has 2 amide bonds. The first-order valence-electron chi connectivity index (χ1n) is 8.22. The summed E-state index contributed by atoms with van der Waals surface area (Å²) in [4.78, 5) is 39.5. The SMILES string of the molecule is COC(=O)CCC(=O)N1CCCN(C(=O)c2ccccc2C)CC1. The number of esters is 1. The van der Waals surface area contributed by atoms with Gasteiger partial charge in [-0.2, -0.15) is 0 Å². The van der Waals surface area contributed by atoms with Gasteiger partial charge >= 0.3 is 5.97 Å². The number of methoxy groups -OCH3 is 1. The number of rotatable bonds is 4. The topological polar surface area (TPSA) is 66.9 Å². The van der Waals surface area contributed by atoms with Crippen LogP contribution in [0.1, 0.15) is 35.2 Å². The van der Waals surface area contributed by atoms with Gasteiger partial charge in [0.15, 0.2) is 0 Å². The molecule has 24 heavy (non-hydrogen) atoms. The fourth-order valence-corrected chi connectivity index (χ4v) is 2.82. The summed E-state index contributed by atoms with van der Waals surface area (Å²) in [6.07, 6.45) is 0.984. The fourth-order valence-electron chi connectivity index (χ4n) is 2.82. The molecule has 0 aliphatic carbocycles. The van der Waals surface area contributed by atoms with E-state index in [1.54, 1.807) is 9.80 Å². The molecule has 0 unspecified atom stereocenters. The summed E-state index contributed by atoms with van der Waals surface area (Å²) in [6.45, 7) is 4.17. The number of aryl methyl sites for hydroxylation is 1. The first-order chi connectivity index (χ1) is 11.5. The highest BCUT2D eigenvalue weighted by Gasteiger charge is 2.23. The Hall–Kier alpha value is -2.37. The number of carbonyl (C=O) groups excluding carboxylic acids is 3. The van der Waals surface area contributed by atoms with Gasteiger partial charge in [-0.15, -0.1) is 0 Å². The average Bonchev–Trinajstić information content (AvgIpc) is 2.85. The summed E-state index contributed by atoms with van der Waals surface area (Å²) in [5.74, 6) is -0.433. The molecule has 1 saturated heterocycles. The highest BCUT2D eigenvalue weighted by molar-refractivity contribution is 5.95. The third-order valence-corrected chi connectivity index (χ3v) is 4.28. The van der Waals surface area contributed by atoms with Gasteiger partial charge in [0, 0.05) is 38.2 Å². The number of ether oxygens (including phenoxy) is 1. The number of benzene rings is 1. The van der Waals surface area contributed by atoms with Crippen LogP contribution in [0, 0.1) is 6.92 Å². The van der Waals surface area contributed by atoms with Crippen molar-refractivity contribution in [3.8, 4) is 0 Å². The lowest BCUT2D eigenvalue weighted by Gasteiger charge is -2.22. The van der Waals surface area contributed by atoms with Crippen molar-refractivity contribution in [2.24, 2.45) is 0 Å². The summed E-state index contributed by atoms with van der Waals surface area (Å²) in [5.41, 5.74) is 1.67. The molecule has 1 aromatic rings. The third kappa shape index (κ3) is 4.57. The highest BCUT2D eigenvalue weighted by Crippen LogP contribution is 2.13. The maximum atomic E-state index is 12.7. The zero-order chi connectivity index (χ0) is 17.5. The van der Waals surface area contributed by atoms with Gasteiger partial charge in [0.2, 0.25) is 5.91 Å². The second-order valence-electron chi connectivity index (χ2n) is 5.92. The van der Waals surface area contributed by atoms with Gasteiger partial charge in [-0.25, -0.2) is 0 Å². The molecule has 0 spiro atoms. The lowest BCUT2D eigenvalue weighted by Crippen LogP contribution is -2.37. The van der Waals surface area contributed by atoms with Gasteiger partial charge in [-0.1, -0.05) is 18.2 Å². The number of carbonyl (C=O) groups is 3. The molecule has 0 bridgehead atoms. The summed E-state index contributed by atoms with van der Waals surface area (Å²) in [7, 11) is 1.31. The fraction of sp³-hybridized carbons (Fsp3) is 0.500. The van der Waals surface area contributed by atoms with Gasteiger partial charge in [0.25, 0.3) is 5.91 Å². The molecule has 1 aromatic carbocycles. The van der Waals surface area contributed by atoms with E-state index in [9.17, 15) is 14.4 Å². The molecule has 2 rings (SSSR count). The minimum Gasteiger partial charge on any atom is -0.469 e. The van der Waals surface area contributed by atoms with Gasteiger partial charge < -0.3 is 14.5 Å². The van der Waals surface area contributed by atoms with E-state index in [0.29, 0.717) is 31.7 Å². The standard InChI is InChI=1S/C18H24N2O4/c1-14-6-3-4-7-15(14)18(23)20-11-5-10-19(12-13-20)16(21)8-9-17(22)24-2/h3-4,6-7H,5,8-13H2,1-2H3. The normalized spacial score (nSPS) is 14.9. The number of hydrogen-bond acceptors (Lipinski definition) is 4. The summed E-state index contributed by atoms with van der Waals surface area (Å²) in [5, 5.41) is 0. The molecule has 0 aromatic heterocycles. The third-order valence-electron chi connectivity index (χ3n) is 4.28. The molecule has 0 radical (unpaired) electrons. The molecule has 0 saturated carbocycles. The van der Waals surface area contributed by atoms with Crippen molar-refractivity contribution >= 4 is 17.8 Å². The molecular weight excluding hydrogens is 308 g/mol. The van der Waals surface area contributed by atoms with Crippen molar-refractivity contribution in [1.82, 2.24) is 9.80 Å². The van der Waals surface area contributed by atoms with Gasteiger partial charge in [-0.3, -0.25) is 14.4 Å². The van der Waals surface area contributed by atoms with Crippen LogP contribution in [0.15, 0.2) is 24.3 Å². The van der Waals surface area contributed by atoms with E-state index in [-0.39, 0.29) is 30.6 Å². The molecular formula is C18H24N2O4. The molecule has 0 atom stereocenters. The van der Waals surface area contributed by atoms with E-state index >= 15 is 0 Å². The number of amides is 2. The van der Waals surface area contributed by atoms with E-state index in [0.717, 1.165) is 12.0 Å². The zero-order valence-electron chi connectivity index (χ0n) is 14.3. The molecule has 130 valence electrons. The van der Waals surface area contributed by atoms with E-state index in [2.05, 4.69) is 4.74 Å². The van der Waals surface area contributed by atoms with Crippen molar-refractivity contribution in [3.05, 3.63) is 35.4 Å². The molecule has 6 heteroatoms. The molecule has 0 N–H and O–H groups in total. The van der Waals surface area contributed by atoms with Crippen LogP contribution in [0.3, 0.4) is 0 Å². The number of hydrogen-bond donors (Lipinski definition) is 0. The summed E-state index contributed by atoms with van der Waals surface area (Å²) in [6, 6.07) is 7.53. The van der Waals surface area contributed by atoms with Crippen LogP contribution in [0.25, 0.3) is 0 Å². The Labute approximate surface area is 142 Å². The molecule has 6 nitrogen and oxygen atoms in total. The van der Waals surface area contributed by atoms with Crippen LogP contribution in [0.2, 0.25) is 0 Å². The molecule has 1 fully saturated rings. The Kier molecular flexibility index (Phi) is 6.35. The lowest BCUT2D eigenvalue weighted by atomic mass is 10.1. The van der Waals surface area contributed by atoms with Crippen LogP contribution in [-0.4, -0.2) is 60.9 Å². The highest BCUT2D eigenvalue weighted by atomic mass is 16.5. The van der Waals surface area contributed by atoms with Crippen LogP contribution in [0.5, 0.6) is 0 Å². The average molecular weight is 332 g/mol. The van der Waals surface area contributed by atoms with Crippen LogP contribution < -0.4 is 0 Å². The van der Waals surface area contributed by atoms with E-state index in [4.69, 9.17) is 0 Å². The van der Waals surface area contributed by atoms with Crippen molar-refractivity contribution < 1.29 is 19.1 Å². The largest absolute Gasteiger partial charge is 0.469 e. The van der Waals surface area contributed by atoms with Crippen molar-refractivity contribution in [2.45, 2.75) is 26.2 Å². The minimum absolute atomic E-state index is 0.0111. The van der Waals surface area contributed by atoms with E-state index < -0.39 is 0 Å². The summed E-state index contributed by atoms with van der Waals surface area (Å²) < 4.78 is 4.56. The Morgan fingerprint density at radius 3 is 2.38 bits per heavy atom. The first kappa shape index (κ1) is 18.0. The van der Waals surface area contributed by atoms with Gasteiger partial charge in [0.05, 0.1) is 13.5 Å². The second-order valence-corrected chi connectivity index (χ2v) is 5.92. The summed E-state index contributed by atoms with van der Waals surface area (Å²) >= 11 is 0. The molecule has 1 aliphatic heterocycles. The van der Waals surface area contributed by atoms with Gasteiger partial charge in [-0.05, 0) is 25.0 Å². The molecule has 1 heterocycles. The van der Waals surface area contributed by atoms with Crippen LogP contribution >= 0.6 is 0 Å². The smallest absolute Gasteiger partial charge is 0.306 e. The van der Waals surface area contributed by atoms with E-state index in [1.165, 1.54) is 7.11 Å². The first-order valence-corrected chi connectivity index (χ1v) is 8.22. The predicted octanol–water partition coefficient (Wildman–Crippen LogP) is 1.62. The maximum absolute atomic E-state index is 12.7. The van der Waals surface area contributed by atoms with Crippen molar-refractivity contribution in [2.75, 3.05) is 33.3 Å². The van der Waals surface area contributed by atoms with Gasteiger partial charge in [0.1, 0.15) is 0 Å².